The van der Waals surface area contributed by atoms with Crippen LogP contribution in [0.25, 0.3) is 11.4 Å². The van der Waals surface area contributed by atoms with Gasteiger partial charge in [-0.05, 0) is 69.1 Å². The van der Waals surface area contributed by atoms with Crippen LogP contribution in [0.3, 0.4) is 0 Å². The highest BCUT2D eigenvalue weighted by molar-refractivity contribution is 5.88. The zero-order valence-electron chi connectivity index (χ0n) is 29.6. The molecule has 51 heavy (non-hydrogen) atoms. The number of ether oxygens (including phenoxy) is 2. The first kappa shape index (κ1) is 35.4. The van der Waals surface area contributed by atoms with Crippen molar-refractivity contribution in [2.45, 2.75) is 40.7 Å². The molecule has 3 heterocycles. The largest absolute Gasteiger partial charge is 0.490 e. The Morgan fingerprint density at radius 1 is 0.961 bits per heavy atom. The molecule has 0 radical (unpaired) electrons. The number of hydrogen-bond acceptors (Lipinski definition) is 11. The second-order valence-electron chi connectivity index (χ2n) is 12.9. The first-order valence-electron chi connectivity index (χ1n) is 17.0. The Bertz CT molecular complexity index is 1940. The minimum absolute atomic E-state index is 0.139. The van der Waals surface area contributed by atoms with Crippen LogP contribution in [0.15, 0.2) is 71.4 Å². The number of hydrogen-bond donors (Lipinski definition) is 1. The number of nitrogens with zero attached hydrogens (tertiary/aromatic N) is 7. The highest BCUT2D eigenvalue weighted by Crippen LogP contribution is 2.28. The van der Waals surface area contributed by atoms with Crippen molar-refractivity contribution in [3.8, 4) is 22.9 Å². The lowest BCUT2D eigenvalue weighted by molar-refractivity contribution is 0.145. The molecule has 5 aromatic rings. The Balaban J connectivity index is 1.16. The van der Waals surface area contributed by atoms with E-state index >= 15 is 4.39 Å². The quantitative estimate of drug-likeness (QED) is 0.138. The summed E-state index contributed by atoms with van der Waals surface area (Å²) >= 11 is 0. The average molecular weight is 695 g/mol. The summed E-state index contributed by atoms with van der Waals surface area (Å²) in [5, 5.41) is 7.04. The van der Waals surface area contributed by atoms with Crippen molar-refractivity contribution < 1.29 is 23.2 Å². The maximum atomic E-state index is 15.1. The SMILES string of the molecule is Cc1cc(C)c(OC(=O)N(Cc2ccc(-c3noc(C)n3)cc2)c2ccnc(Nc3ccc(OCCCN4CCN(C)CC4)c(F)c3)n2)c(C)c1. The molecule has 1 saturated heterocycles. The summed E-state index contributed by atoms with van der Waals surface area (Å²) in [7, 11) is 2.13. The molecule has 0 bridgehead atoms. The number of amides is 1. The fraction of sp³-hybridized carbons (Fsp3) is 0.342. The molecule has 0 atom stereocenters. The molecule has 1 aliphatic rings. The van der Waals surface area contributed by atoms with Gasteiger partial charge in [-0.25, -0.2) is 14.2 Å². The lowest BCUT2D eigenvalue weighted by Crippen LogP contribution is -2.44. The van der Waals surface area contributed by atoms with Crippen LogP contribution in [-0.4, -0.2) is 82.4 Å². The van der Waals surface area contributed by atoms with Crippen LogP contribution in [0.2, 0.25) is 0 Å². The van der Waals surface area contributed by atoms with Gasteiger partial charge >= 0.3 is 6.09 Å². The molecule has 6 rings (SSSR count). The van der Waals surface area contributed by atoms with E-state index in [0.29, 0.717) is 35.6 Å². The van der Waals surface area contributed by atoms with E-state index in [-0.39, 0.29) is 18.2 Å². The van der Waals surface area contributed by atoms with Crippen LogP contribution in [0.4, 0.5) is 26.6 Å². The van der Waals surface area contributed by atoms with Crippen molar-refractivity contribution in [2.24, 2.45) is 0 Å². The molecule has 13 heteroatoms. The summed E-state index contributed by atoms with van der Waals surface area (Å²) in [6.45, 7) is 13.2. The number of piperazine rings is 1. The average Bonchev–Trinajstić information content (AvgIpc) is 3.55. The van der Waals surface area contributed by atoms with Crippen LogP contribution >= 0.6 is 0 Å². The zero-order valence-corrected chi connectivity index (χ0v) is 29.6. The van der Waals surface area contributed by atoms with Gasteiger partial charge in [-0.1, -0.05) is 47.1 Å². The summed E-state index contributed by atoms with van der Waals surface area (Å²) in [5.74, 6) is 1.59. The molecule has 266 valence electrons. The third-order valence-electron chi connectivity index (χ3n) is 8.67. The van der Waals surface area contributed by atoms with Gasteiger partial charge < -0.3 is 29.1 Å². The Kier molecular flexibility index (Phi) is 11.2. The van der Waals surface area contributed by atoms with Crippen molar-refractivity contribution in [1.82, 2.24) is 29.9 Å². The van der Waals surface area contributed by atoms with Crippen LogP contribution in [0, 0.1) is 33.5 Å². The van der Waals surface area contributed by atoms with Gasteiger partial charge in [0, 0.05) is 63.2 Å². The molecule has 1 fully saturated rings. The molecule has 1 aliphatic heterocycles. The maximum absolute atomic E-state index is 15.1. The Hall–Kier alpha value is -5.40. The normalized spacial score (nSPS) is 13.6. The number of benzene rings is 3. The van der Waals surface area contributed by atoms with Crippen LogP contribution in [0.1, 0.15) is 34.6 Å². The number of carbonyl (C=O) groups excluding carboxylic acids is 1. The number of aryl methyl sites for hydroxylation is 4. The van der Waals surface area contributed by atoms with Crippen LogP contribution in [-0.2, 0) is 6.54 Å². The van der Waals surface area contributed by atoms with E-state index < -0.39 is 11.9 Å². The molecular formula is C38H43FN8O4. The number of carbonyl (C=O) groups is 1. The highest BCUT2D eigenvalue weighted by Gasteiger charge is 2.23. The summed E-state index contributed by atoms with van der Waals surface area (Å²) in [6.07, 6.45) is 1.73. The first-order chi connectivity index (χ1) is 24.6. The molecule has 1 amide bonds. The van der Waals surface area contributed by atoms with Gasteiger partial charge in [0.25, 0.3) is 0 Å². The highest BCUT2D eigenvalue weighted by atomic mass is 19.1. The second-order valence-corrected chi connectivity index (χ2v) is 12.9. The van der Waals surface area contributed by atoms with E-state index in [1.54, 1.807) is 25.1 Å². The lowest BCUT2D eigenvalue weighted by atomic mass is 10.1. The standard InChI is InChI=1S/C38H43FN8O4/c1-25-21-26(2)35(27(3)22-25)50-38(48)47(24-29-7-9-30(10-8-29)36-41-28(4)51-44-36)34-13-14-40-37(43-34)42-31-11-12-33(32(39)23-31)49-20-6-15-46-18-16-45(5)17-19-46/h7-14,21-23H,6,15-20,24H2,1-5H3,(H,40,42,43). The summed E-state index contributed by atoms with van der Waals surface area (Å²) in [4.78, 5) is 33.3. The van der Waals surface area contributed by atoms with E-state index in [9.17, 15) is 4.79 Å². The molecular weight excluding hydrogens is 651 g/mol. The Morgan fingerprint density at radius 2 is 1.71 bits per heavy atom. The minimum Gasteiger partial charge on any atom is -0.490 e. The second kappa shape index (κ2) is 16.1. The van der Waals surface area contributed by atoms with Gasteiger partial charge in [0.1, 0.15) is 11.6 Å². The number of likely N-dealkylation sites (N-methyl/N-ethyl adjacent to an activating group) is 1. The van der Waals surface area contributed by atoms with Gasteiger partial charge in [0.15, 0.2) is 11.6 Å². The molecule has 0 saturated carbocycles. The van der Waals surface area contributed by atoms with Crippen molar-refractivity contribution in [1.29, 1.82) is 0 Å². The summed E-state index contributed by atoms with van der Waals surface area (Å²) in [6, 6.07) is 17.7. The third kappa shape index (κ3) is 9.24. The van der Waals surface area contributed by atoms with Crippen molar-refractivity contribution in [3.05, 3.63) is 101 Å². The van der Waals surface area contributed by atoms with E-state index in [1.165, 1.54) is 17.2 Å². The number of halogens is 1. The predicted octanol–water partition coefficient (Wildman–Crippen LogP) is 6.86. The smallest absolute Gasteiger partial charge is 0.421 e. The molecule has 3 aromatic carbocycles. The summed E-state index contributed by atoms with van der Waals surface area (Å²) in [5.41, 5.74) is 4.77. The third-order valence-corrected chi connectivity index (χ3v) is 8.67. The lowest BCUT2D eigenvalue weighted by Gasteiger charge is -2.32. The minimum atomic E-state index is -0.618. The first-order valence-corrected chi connectivity index (χ1v) is 17.0. The fourth-order valence-electron chi connectivity index (χ4n) is 5.99. The van der Waals surface area contributed by atoms with E-state index in [4.69, 9.17) is 14.0 Å². The number of aromatic nitrogens is 4. The Morgan fingerprint density at radius 3 is 2.39 bits per heavy atom. The van der Waals surface area contributed by atoms with Crippen LogP contribution in [0.5, 0.6) is 11.5 Å². The van der Waals surface area contributed by atoms with Gasteiger partial charge in [0.2, 0.25) is 17.7 Å². The molecule has 0 unspecified atom stereocenters. The van der Waals surface area contributed by atoms with E-state index in [1.807, 2.05) is 57.2 Å². The fourth-order valence-corrected chi connectivity index (χ4v) is 5.99. The molecule has 1 N–H and O–H groups in total. The van der Waals surface area contributed by atoms with Crippen molar-refractivity contribution in [2.75, 3.05) is 56.6 Å². The predicted molar refractivity (Wildman–Crippen MR) is 193 cm³/mol. The van der Waals surface area contributed by atoms with Crippen LogP contribution < -0.4 is 19.7 Å². The number of anilines is 3. The molecule has 12 nitrogen and oxygen atoms in total. The summed E-state index contributed by atoms with van der Waals surface area (Å²) < 4.78 is 31.9. The number of nitrogens with one attached hydrogen (secondary N) is 1. The maximum Gasteiger partial charge on any atom is 0.421 e. The monoisotopic (exact) mass is 694 g/mol. The van der Waals surface area contributed by atoms with Gasteiger partial charge in [-0.15, -0.1) is 0 Å². The van der Waals surface area contributed by atoms with Crippen molar-refractivity contribution in [3.63, 3.8) is 0 Å². The molecule has 2 aromatic heterocycles. The Labute approximate surface area is 297 Å². The number of rotatable bonds is 12. The van der Waals surface area contributed by atoms with Crippen molar-refractivity contribution >= 4 is 23.5 Å². The van der Waals surface area contributed by atoms with E-state index in [0.717, 1.165) is 67.0 Å². The zero-order chi connectivity index (χ0) is 35.9. The van der Waals surface area contributed by atoms with Gasteiger partial charge in [-0.3, -0.25) is 4.90 Å². The van der Waals surface area contributed by atoms with Gasteiger partial charge in [0.05, 0.1) is 13.2 Å². The molecule has 0 spiro atoms. The topological polar surface area (TPSA) is 122 Å². The molecule has 0 aliphatic carbocycles. The van der Waals surface area contributed by atoms with E-state index in [2.05, 4.69) is 42.3 Å². The van der Waals surface area contributed by atoms with Gasteiger partial charge in [-0.2, -0.15) is 9.97 Å².